The Balaban J connectivity index is 2.82. The Morgan fingerprint density at radius 2 is 2.27 bits per heavy atom. The normalized spacial score (nSPS) is 10.4. The van der Waals surface area contributed by atoms with Gasteiger partial charge in [-0.15, -0.1) is 0 Å². The van der Waals surface area contributed by atoms with Gasteiger partial charge < -0.3 is 4.74 Å². The third-order valence-corrected chi connectivity index (χ3v) is 1.39. The molecule has 1 rings (SSSR count). The van der Waals surface area contributed by atoms with E-state index in [2.05, 4.69) is 6.07 Å². The monoisotopic (exact) mass is 147 g/mol. The molecular formula is C10H11O. The minimum absolute atomic E-state index is 0.776. The van der Waals surface area contributed by atoms with E-state index in [1.165, 1.54) is 0 Å². The minimum atomic E-state index is 0.776. The molecule has 0 fully saturated rings. The first-order valence-electron chi connectivity index (χ1n) is 3.55. The largest absolute Gasteiger partial charge is 0.496 e. The Kier molecular flexibility index (Phi) is 2.73. The van der Waals surface area contributed by atoms with Gasteiger partial charge in [-0.25, -0.2) is 0 Å². The highest BCUT2D eigenvalue weighted by Gasteiger charge is 1.88. The Morgan fingerprint density at radius 3 is 2.73 bits per heavy atom. The van der Waals surface area contributed by atoms with Crippen LogP contribution >= 0.6 is 0 Å². The minimum Gasteiger partial charge on any atom is -0.496 e. The zero-order valence-corrected chi connectivity index (χ0v) is 6.79. The van der Waals surface area contributed by atoms with Gasteiger partial charge in [0, 0.05) is 6.07 Å². The Labute approximate surface area is 67.3 Å². The Morgan fingerprint density at radius 1 is 1.45 bits per heavy atom. The van der Waals surface area contributed by atoms with Crippen LogP contribution in [0.3, 0.4) is 0 Å². The lowest BCUT2D eigenvalue weighted by molar-refractivity contribution is 0.414. The lowest BCUT2D eigenvalue weighted by Crippen LogP contribution is -1.81. The second kappa shape index (κ2) is 3.81. The zero-order valence-electron chi connectivity index (χ0n) is 6.79. The van der Waals surface area contributed by atoms with Crippen molar-refractivity contribution in [1.82, 2.24) is 0 Å². The molecule has 1 nitrogen and oxygen atoms in total. The Bertz CT molecular complexity index is 234. The lowest BCUT2D eigenvalue weighted by atomic mass is 10.2. The molecule has 0 spiro atoms. The molecule has 0 atom stereocenters. The molecule has 0 amide bonds. The van der Waals surface area contributed by atoms with Crippen molar-refractivity contribution < 1.29 is 4.74 Å². The van der Waals surface area contributed by atoms with E-state index in [9.17, 15) is 0 Å². The smallest absolute Gasteiger partial charge is 0.126 e. The van der Waals surface area contributed by atoms with Crippen LogP contribution in [0.15, 0.2) is 24.3 Å². The fourth-order valence-electron chi connectivity index (χ4n) is 0.846. The van der Waals surface area contributed by atoms with Crippen molar-refractivity contribution in [2.75, 3.05) is 7.11 Å². The quantitative estimate of drug-likeness (QED) is 0.624. The van der Waals surface area contributed by atoms with Crippen LogP contribution in [0.25, 0.3) is 6.08 Å². The van der Waals surface area contributed by atoms with Crippen molar-refractivity contribution in [3.05, 3.63) is 35.9 Å². The summed E-state index contributed by atoms with van der Waals surface area (Å²) in [6.07, 6.45) is 4.02. The second-order valence-electron chi connectivity index (χ2n) is 2.19. The van der Waals surface area contributed by atoms with Crippen molar-refractivity contribution >= 4 is 6.08 Å². The maximum absolute atomic E-state index is 4.97. The van der Waals surface area contributed by atoms with Gasteiger partial charge in [-0.2, -0.15) is 0 Å². The molecule has 0 saturated carbocycles. The summed E-state index contributed by atoms with van der Waals surface area (Å²) in [6.45, 7) is 1.99. The van der Waals surface area contributed by atoms with E-state index >= 15 is 0 Å². The van der Waals surface area contributed by atoms with Crippen LogP contribution in [0.4, 0.5) is 0 Å². The van der Waals surface area contributed by atoms with Crippen molar-refractivity contribution in [2.24, 2.45) is 0 Å². The standard InChI is InChI=1S/C10H11O/c1-3-4-9-5-7-10(11-2)8-6-9/h3-7H,1-2H3. The SMILES string of the molecule is CC=Cc1c[c]c(OC)cc1. The second-order valence-corrected chi connectivity index (χ2v) is 2.19. The average Bonchev–Trinajstić information content (AvgIpc) is 2.07. The fraction of sp³-hybridized carbons (Fsp3) is 0.200. The van der Waals surface area contributed by atoms with Gasteiger partial charge in [0.2, 0.25) is 0 Å². The van der Waals surface area contributed by atoms with Crippen LogP contribution in [0.2, 0.25) is 0 Å². The van der Waals surface area contributed by atoms with Gasteiger partial charge in [0.25, 0.3) is 0 Å². The summed E-state index contributed by atoms with van der Waals surface area (Å²) in [5.74, 6) is 0.776. The summed E-state index contributed by atoms with van der Waals surface area (Å²) < 4.78 is 4.97. The molecule has 0 aliphatic rings. The summed E-state index contributed by atoms with van der Waals surface area (Å²) >= 11 is 0. The van der Waals surface area contributed by atoms with Crippen molar-refractivity contribution in [3.63, 3.8) is 0 Å². The van der Waals surface area contributed by atoms with Gasteiger partial charge in [-0.3, -0.25) is 0 Å². The zero-order chi connectivity index (χ0) is 8.10. The van der Waals surface area contributed by atoms with E-state index in [1.54, 1.807) is 7.11 Å². The van der Waals surface area contributed by atoms with Crippen LogP contribution < -0.4 is 4.74 Å². The van der Waals surface area contributed by atoms with Crippen LogP contribution in [0.1, 0.15) is 12.5 Å². The van der Waals surface area contributed by atoms with E-state index in [0.717, 1.165) is 11.3 Å². The van der Waals surface area contributed by atoms with Gasteiger partial charge in [-0.1, -0.05) is 18.2 Å². The molecule has 0 heterocycles. The number of methoxy groups -OCH3 is 1. The molecule has 1 radical (unpaired) electrons. The lowest BCUT2D eigenvalue weighted by Gasteiger charge is -1.97. The third-order valence-electron chi connectivity index (χ3n) is 1.39. The van der Waals surface area contributed by atoms with Crippen LogP contribution in [0.5, 0.6) is 5.75 Å². The van der Waals surface area contributed by atoms with E-state index in [1.807, 2.05) is 37.3 Å². The highest BCUT2D eigenvalue weighted by Crippen LogP contribution is 2.10. The van der Waals surface area contributed by atoms with E-state index < -0.39 is 0 Å². The molecule has 0 bridgehead atoms. The molecule has 1 aromatic carbocycles. The predicted octanol–water partition coefficient (Wildman–Crippen LogP) is 2.53. The maximum atomic E-state index is 4.97. The first-order valence-corrected chi connectivity index (χ1v) is 3.55. The molecular weight excluding hydrogens is 136 g/mol. The highest BCUT2D eigenvalue weighted by molar-refractivity contribution is 5.49. The van der Waals surface area contributed by atoms with Crippen molar-refractivity contribution in [3.8, 4) is 5.75 Å². The first kappa shape index (κ1) is 7.86. The molecule has 0 N–H and O–H groups in total. The number of ether oxygens (including phenoxy) is 1. The Hall–Kier alpha value is -1.24. The van der Waals surface area contributed by atoms with Gasteiger partial charge in [-0.05, 0) is 24.6 Å². The topological polar surface area (TPSA) is 9.23 Å². The average molecular weight is 147 g/mol. The number of rotatable bonds is 2. The van der Waals surface area contributed by atoms with Crippen molar-refractivity contribution in [2.45, 2.75) is 6.92 Å². The number of hydrogen-bond acceptors (Lipinski definition) is 1. The molecule has 1 aromatic rings. The van der Waals surface area contributed by atoms with Gasteiger partial charge >= 0.3 is 0 Å². The number of allylic oxidation sites excluding steroid dienone is 1. The van der Waals surface area contributed by atoms with Crippen molar-refractivity contribution in [1.29, 1.82) is 0 Å². The van der Waals surface area contributed by atoms with Gasteiger partial charge in [0.05, 0.1) is 7.11 Å². The first-order chi connectivity index (χ1) is 5.36. The number of benzene rings is 1. The summed E-state index contributed by atoms with van der Waals surface area (Å²) in [6, 6.07) is 8.79. The summed E-state index contributed by atoms with van der Waals surface area (Å²) in [5, 5.41) is 0. The fourth-order valence-corrected chi connectivity index (χ4v) is 0.846. The summed E-state index contributed by atoms with van der Waals surface area (Å²) in [5.41, 5.74) is 1.15. The predicted molar refractivity (Wildman–Crippen MR) is 46.5 cm³/mol. The van der Waals surface area contributed by atoms with Crippen LogP contribution in [-0.4, -0.2) is 7.11 Å². The van der Waals surface area contributed by atoms with Gasteiger partial charge in [0.1, 0.15) is 5.75 Å². The van der Waals surface area contributed by atoms with Gasteiger partial charge in [0.15, 0.2) is 0 Å². The molecule has 0 aliphatic heterocycles. The van der Waals surface area contributed by atoms with E-state index in [0.29, 0.717) is 0 Å². The molecule has 11 heavy (non-hydrogen) atoms. The molecule has 0 aromatic heterocycles. The molecule has 0 unspecified atom stereocenters. The summed E-state index contributed by atoms with van der Waals surface area (Å²) in [7, 11) is 1.64. The van der Waals surface area contributed by atoms with Crippen LogP contribution in [0, 0.1) is 6.07 Å². The molecule has 0 aliphatic carbocycles. The molecule has 57 valence electrons. The molecule has 0 saturated heterocycles. The highest BCUT2D eigenvalue weighted by atomic mass is 16.5. The van der Waals surface area contributed by atoms with Crippen LogP contribution in [-0.2, 0) is 0 Å². The van der Waals surface area contributed by atoms with E-state index in [4.69, 9.17) is 4.74 Å². The maximum Gasteiger partial charge on any atom is 0.126 e. The number of hydrogen-bond donors (Lipinski definition) is 0. The third kappa shape index (κ3) is 2.11. The summed E-state index contributed by atoms with van der Waals surface area (Å²) in [4.78, 5) is 0. The molecule has 1 heteroatoms. The van der Waals surface area contributed by atoms with E-state index in [-0.39, 0.29) is 0 Å².